The lowest BCUT2D eigenvalue weighted by Gasteiger charge is -2.25. The summed E-state index contributed by atoms with van der Waals surface area (Å²) in [4.78, 5) is 2.58. The number of nitrogens with zero attached hydrogens (tertiary/aromatic N) is 1. The van der Waals surface area contributed by atoms with Gasteiger partial charge in [0.15, 0.2) is 0 Å². The van der Waals surface area contributed by atoms with Crippen molar-refractivity contribution in [1.29, 1.82) is 0 Å². The molecule has 0 radical (unpaired) electrons. The van der Waals surface area contributed by atoms with Gasteiger partial charge >= 0.3 is 0 Å². The molecule has 1 nitrogen and oxygen atoms in total. The molecule has 0 bridgehead atoms. The molecular formula is C10H19NS. The summed E-state index contributed by atoms with van der Waals surface area (Å²) in [7, 11) is 0. The van der Waals surface area contributed by atoms with E-state index in [1.807, 2.05) is 6.08 Å². The third kappa shape index (κ3) is 3.20. The molecule has 1 unspecified atom stereocenters. The summed E-state index contributed by atoms with van der Waals surface area (Å²) >= 11 is 2.09. The van der Waals surface area contributed by atoms with Gasteiger partial charge in [-0.2, -0.15) is 11.8 Å². The minimum absolute atomic E-state index is 0.778. The zero-order valence-electron chi connectivity index (χ0n) is 7.96. The normalized spacial score (nSPS) is 26.6. The summed E-state index contributed by atoms with van der Waals surface area (Å²) in [6, 6.07) is 0.778. The monoisotopic (exact) mass is 185 g/mol. The van der Waals surface area contributed by atoms with Crippen molar-refractivity contribution in [2.45, 2.75) is 25.8 Å². The molecule has 0 aromatic rings. The van der Waals surface area contributed by atoms with Crippen molar-refractivity contribution in [2.75, 3.05) is 24.6 Å². The molecule has 0 amide bonds. The van der Waals surface area contributed by atoms with Crippen LogP contribution < -0.4 is 0 Å². The molecule has 1 rings (SSSR count). The van der Waals surface area contributed by atoms with Gasteiger partial charge in [0.25, 0.3) is 0 Å². The third-order valence-electron chi connectivity index (χ3n) is 2.45. The molecule has 1 heterocycles. The van der Waals surface area contributed by atoms with Gasteiger partial charge in [-0.3, -0.25) is 4.90 Å². The van der Waals surface area contributed by atoms with Crippen LogP contribution in [0.5, 0.6) is 0 Å². The van der Waals surface area contributed by atoms with Crippen LogP contribution >= 0.6 is 11.8 Å². The lowest BCUT2D eigenvalue weighted by atomic mass is 10.2. The predicted molar refractivity (Wildman–Crippen MR) is 57.8 cm³/mol. The predicted octanol–water partition coefficient (Wildman–Crippen LogP) is 2.39. The summed E-state index contributed by atoms with van der Waals surface area (Å²) in [5.74, 6) is 2.65. The van der Waals surface area contributed by atoms with Crippen molar-refractivity contribution in [2.24, 2.45) is 0 Å². The first-order valence-corrected chi connectivity index (χ1v) is 5.92. The van der Waals surface area contributed by atoms with Crippen LogP contribution in [0, 0.1) is 0 Å². The van der Waals surface area contributed by atoms with Gasteiger partial charge in [0.05, 0.1) is 0 Å². The van der Waals surface area contributed by atoms with E-state index in [4.69, 9.17) is 0 Å². The number of hydrogen-bond donors (Lipinski definition) is 0. The molecule has 0 N–H and O–H groups in total. The Labute approximate surface area is 80.2 Å². The Hall–Kier alpha value is 0.0500. The minimum Gasteiger partial charge on any atom is -0.300 e. The van der Waals surface area contributed by atoms with E-state index in [2.05, 4.69) is 30.2 Å². The lowest BCUT2D eigenvalue weighted by molar-refractivity contribution is 0.225. The van der Waals surface area contributed by atoms with Crippen molar-refractivity contribution >= 4 is 11.8 Å². The maximum atomic E-state index is 3.76. The van der Waals surface area contributed by atoms with Crippen LogP contribution in [-0.2, 0) is 0 Å². The van der Waals surface area contributed by atoms with Crippen LogP contribution in [0.25, 0.3) is 0 Å². The molecule has 1 saturated heterocycles. The largest absolute Gasteiger partial charge is 0.300 e. The Morgan fingerprint density at radius 3 is 3.17 bits per heavy atom. The fourth-order valence-corrected chi connectivity index (χ4v) is 2.61. The smallest absolute Gasteiger partial charge is 0.00753 e. The highest BCUT2D eigenvalue weighted by atomic mass is 32.2. The fraction of sp³-hybridized carbons (Fsp3) is 0.800. The third-order valence-corrected chi connectivity index (χ3v) is 3.44. The maximum absolute atomic E-state index is 3.76. The summed E-state index contributed by atoms with van der Waals surface area (Å²) < 4.78 is 0. The van der Waals surface area contributed by atoms with Crippen LogP contribution in [0.1, 0.15) is 19.8 Å². The van der Waals surface area contributed by atoms with Crippen LogP contribution in [-0.4, -0.2) is 35.5 Å². The van der Waals surface area contributed by atoms with E-state index >= 15 is 0 Å². The first kappa shape index (κ1) is 10.1. The summed E-state index contributed by atoms with van der Waals surface area (Å²) in [6.07, 6.45) is 4.50. The van der Waals surface area contributed by atoms with Crippen LogP contribution in [0.4, 0.5) is 0 Å². The van der Waals surface area contributed by atoms with E-state index in [9.17, 15) is 0 Å². The van der Waals surface area contributed by atoms with Crippen LogP contribution in [0.15, 0.2) is 12.7 Å². The van der Waals surface area contributed by atoms with Gasteiger partial charge in [0, 0.05) is 24.9 Å². The van der Waals surface area contributed by atoms with Crippen molar-refractivity contribution in [1.82, 2.24) is 4.90 Å². The lowest BCUT2D eigenvalue weighted by Crippen LogP contribution is -2.34. The standard InChI is InChI=1S/C10H19NS/c1-3-4-6-11-7-9-12-8-5-10(11)2/h3,10H,1,4-9H2,2H3. The number of thioether (sulfide) groups is 1. The highest BCUT2D eigenvalue weighted by molar-refractivity contribution is 7.99. The topological polar surface area (TPSA) is 3.24 Å². The first-order valence-electron chi connectivity index (χ1n) is 4.77. The van der Waals surface area contributed by atoms with Gasteiger partial charge in [-0.15, -0.1) is 6.58 Å². The fourth-order valence-electron chi connectivity index (χ4n) is 1.53. The second-order valence-electron chi connectivity index (χ2n) is 3.36. The van der Waals surface area contributed by atoms with Gasteiger partial charge in [-0.1, -0.05) is 6.08 Å². The Kier molecular flexibility index (Phi) is 4.77. The molecule has 0 aliphatic carbocycles. The number of hydrogen-bond acceptors (Lipinski definition) is 2. The zero-order chi connectivity index (χ0) is 8.81. The highest BCUT2D eigenvalue weighted by Gasteiger charge is 2.15. The van der Waals surface area contributed by atoms with Crippen molar-refractivity contribution in [3.8, 4) is 0 Å². The Morgan fingerprint density at radius 1 is 1.58 bits per heavy atom. The first-order chi connectivity index (χ1) is 5.84. The average Bonchev–Trinajstić information content (AvgIpc) is 2.27. The zero-order valence-corrected chi connectivity index (χ0v) is 8.78. The van der Waals surface area contributed by atoms with E-state index in [0.717, 1.165) is 12.5 Å². The van der Waals surface area contributed by atoms with Gasteiger partial charge in [0.2, 0.25) is 0 Å². The second-order valence-corrected chi connectivity index (χ2v) is 4.59. The Bertz CT molecular complexity index is 136. The van der Waals surface area contributed by atoms with E-state index in [0.29, 0.717) is 0 Å². The molecule has 1 fully saturated rings. The summed E-state index contributed by atoms with van der Waals surface area (Å²) in [5.41, 5.74) is 0. The Morgan fingerprint density at radius 2 is 2.42 bits per heavy atom. The Balaban J connectivity index is 2.31. The SMILES string of the molecule is C=CCCN1CCSCCC1C. The quantitative estimate of drug-likeness (QED) is 0.621. The molecule has 2 heteroatoms. The molecular weight excluding hydrogens is 166 g/mol. The molecule has 0 aromatic carbocycles. The molecule has 1 atom stereocenters. The average molecular weight is 185 g/mol. The minimum atomic E-state index is 0.778. The summed E-state index contributed by atoms with van der Waals surface area (Å²) in [6.45, 7) is 8.57. The van der Waals surface area contributed by atoms with Crippen molar-refractivity contribution < 1.29 is 0 Å². The molecule has 70 valence electrons. The summed E-state index contributed by atoms with van der Waals surface area (Å²) in [5, 5.41) is 0. The molecule has 1 aliphatic heterocycles. The van der Waals surface area contributed by atoms with E-state index < -0.39 is 0 Å². The van der Waals surface area contributed by atoms with Crippen molar-refractivity contribution in [3.63, 3.8) is 0 Å². The molecule has 1 aliphatic rings. The second kappa shape index (κ2) is 5.65. The molecule has 0 saturated carbocycles. The maximum Gasteiger partial charge on any atom is 0.00753 e. The van der Waals surface area contributed by atoms with Crippen molar-refractivity contribution in [3.05, 3.63) is 12.7 Å². The van der Waals surface area contributed by atoms with Crippen LogP contribution in [0.3, 0.4) is 0 Å². The van der Waals surface area contributed by atoms with Crippen LogP contribution in [0.2, 0.25) is 0 Å². The number of rotatable bonds is 3. The van der Waals surface area contributed by atoms with Gasteiger partial charge < -0.3 is 0 Å². The highest BCUT2D eigenvalue weighted by Crippen LogP contribution is 2.15. The molecule has 0 aromatic heterocycles. The molecule has 12 heavy (non-hydrogen) atoms. The van der Waals surface area contributed by atoms with Gasteiger partial charge in [-0.05, 0) is 25.5 Å². The van der Waals surface area contributed by atoms with Gasteiger partial charge in [0.1, 0.15) is 0 Å². The van der Waals surface area contributed by atoms with E-state index in [-0.39, 0.29) is 0 Å². The molecule has 0 spiro atoms. The van der Waals surface area contributed by atoms with E-state index in [1.165, 1.54) is 31.0 Å². The van der Waals surface area contributed by atoms with E-state index in [1.54, 1.807) is 0 Å². The van der Waals surface area contributed by atoms with Gasteiger partial charge in [-0.25, -0.2) is 0 Å².